The van der Waals surface area contributed by atoms with Gasteiger partial charge in [-0.15, -0.1) is 6.42 Å². The maximum Gasteiger partial charge on any atom is 0.116 e. The third-order valence-corrected chi connectivity index (χ3v) is 1.75. The van der Waals surface area contributed by atoms with E-state index in [4.69, 9.17) is 6.42 Å². The van der Waals surface area contributed by atoms with Crippen LogP contribution in [0.2, 0.25) is 0 Å². The van der Waals surface area contributed by atoms with Crippen LogP contribution in [0.15, 0.2) is 11.4 Å². The van der Waals surface area contributed by atoms with Gasteiger partial charge in [-0.1, -0.05) is 5.92 Å². The Morgan fingerprint density at radius 3 is 2.60 bits per heavy atom. The van der Waals surface area contributed by atoms with E-state index in [9.17, 15) is 4.39 Å². The third kappa shape index (κ3) is 1.60. The molecule has 1 aliphatic carbocycles. The van der Waals surface area contributed by atoms with Gasteiger partial charge in [-0.05, 0) is 31.3 Å². The average molecular weight is 137 g/mol. The van der Waals surface area contributed by atoms with Gasteiger partial charge in [0.25, 0.3) is 0 Å². The molecule has 0 heterocycles. The van der Waals surface area contributed by atoms with Crippen molar-refractivity contribution >= 4 is 0 Å². The summed E-state index contributed by atoms with van der Waals surface area (Å²) in [6, 6.07) is 0. The Hall–Kier alpha value is -0.770. The lowest BCUT2D eigenvalue weighted by Gasteiger charge is -1.94. The second-order valence-corrected chi connectivity index (χ2v) is 2.47. The van der Waals surface area contributed by atoms with Crippen LogP contribution in [0.3, 0.4) is 0 Å². The van der Waals surface area contributed by atoms with Gasteiger partial charge in [0.05, 0.1) is 6.42 Å². The highest BCUT2D eigenvalue weighted by atomic mass is 19.1. The van der Waals surface area contributed by atoms with Crippen molar-refractivity contribution in [2.24, 2.45) is 0 Å². The minimum Gasteiger partial charge on any atom is -0.210 e. The Bertz CT molecular complexity index is 175. The molecule has 0 unspecified atom stereocenters. The van der Waals surface area contributed by atoms with E-state index in [0.29, 0.717) is 0 Å². The Balaban J connectivity index is 2.57. The van der Waals surface area contributed by atoms with E-state index in [2.05, 4.69) is 5.92 Å². The van der Waals surface area contributed by atoms with Gasteiger partial charge in [0, 0.05) is 0 Å². The van der Waals surface area contributed by atoms with Crippen LogP contribution >= 0.6 is 0 Å². The quantitative estimate of drug-likeness (QED) is 0.487. The van der Waals surface area contributed by atoms with Crippen molar-refractivity contribution in [2.45, 2.75) is 25.7 Å². The summed E-state index contributed by atoms with van der Waals surface area (Å²) in [7, 11) is 0. The first kappa shape index (κ1) is 7.34. The van der Waals surface area contributed by atoms with Gasteiger partial charge >= 0.3 is 0 Å². The molecule has 0 nitrogen and oxygen atoms in total. The summed E-state index contributed by atoms with van der Waals surface area (Å²) in [6.07, 6.45) is 10.1. The molecule has 10 heavy (non-hydrogen) atoms. The van der Waals surface area contributed by atoms with Crippen LogP contribution in [0.1, 0.15) is 25.7 Å². The summed E-state index contributed by atoms with van der Waals surface area (Å²) < 4.78 is 12.8. The van der Waals surface area contributed by atoms with Crippen molar-refractivity contribution in [1.29, 1.82) is 0 Å². The Kier molecular flexibility index (Phi) is 2.50. The normalized spacial score (nSPS) is 17.0. The smallest absolute Gasteiger partial charge is 0.116 e. The van der Waals surface area contributed by atoms with E-state index in [1.165, 1.54) is 6.42 Å². The number of terminal acetylenes is 1. The van der Waals surface area contributed by atoms with Crippen molar-refractivity contribution in [1.82, 2.24) is 0 Å². The van der Waals surface area contributed by atoms with Crippen molar-refractivity contribution in [3.8, 4) is 12.3 Å². The zero-order chi connectivity index (χ0) is 7.40. The molecule has 0 bridgehead atoms. The molecule has 0 atom stereocenters. The highest BCUT2D eigenvalue weighted by Crippen LogP contribution is 2.28. The number of halogens is 1. The minimum absolute atomic E-state index is 0.181. The molecule has 0 aromatic heterocycles. The maximum atomic E-state index is 12.8. The molecular formula is C9H10F. The topological polar surface area (TPSA) is 0 Å². The Labute approximate surface area is 61.1 Å². The number of allylic oxidation sites excluding steroid dienone is 2. The number of hydrogen-bond acceptors (Lipinski definition) is 0. The Morgan fingerprint density at radius 1 is 1.50 bits per heavy atom. The maximum absolute atomic E-state index is 12.8. The fourth-order valence-corrected chi connectivity index (χ4v) is 1.22. The summed E-state index contributed by atoms with van der Waals surface area (Å²) in [4.78, 5) is 0. The van der Waals surface area contributed by atoms with Crippen LogP contribution in [0.5, 0.6) is 0 Å². The predicted octanol–water partition coefficient (Wildman–Crippen LogP) is 2.62. The summed E-state index contributed by atoms with van der Waals surface area (Å²) in [6.45, 7) is 0. The molecular weight excluding hydrogens is 127 g/mol. The van der Waals surface area contributed by atoms with Gasteiger partial charge in [-0.2, -0.15) is 0 Å². The second kappa shape index (κ2) is 3.41. The van der Waals surface area contributed by atoms with Crippen molar-refractivity contribution in [2.75, 3.05) is 0 Å². The van der Waals surface area contributed by atoms with Crippen LogP contribution in [-0.4, -0.2) is 0 Å². The first-order valence-electron chi connectivity index (χ1n) is 3.51. The van der Waals surface area contributed by atoms with Gasteiger partial charge in [0.1, 0.15) is 5.83 Å². The van der Waals surface area contributed by atoms with Gasteiger partial charge < -0.3 is 0 Å². The van der Waals surface area contributed by atoms with Crippen LogP contribution in [0, 0.1) is 18.8 Å². The molecule has 1 heteroatoms. The standard InChI is InChI=1S/C9H10F/c1-2-5-9(10)8-6-3-4-7-8/h1,5H,3-4,6-7H2. The molecule has 53 valence electrons. The largest absolute Gasteiger partial charge is 0.210 e. The summed E-state index contributed by atoms with van der Waals surface area (Å²) in [5.74, 6) is 2.01. The molecule has 1 fully saturated rings. The molecule has 0 aliphatic heterocycles. The third-order valence-electron chi connectivity index (χ3n) is 1.75. The van der Waals surface area contributed by atoms with Crippen molar-refractivity contribution < 1.29 is 4.39 Å². The predicted molar refractivity (Wildman–Crippen MR) is 39.7 cm³/mol. The second-order valence-electron chi connectivity index (χ2n) is 2.47. The van der Waals surface area contributed by atoms with E-state index < -0.39 is 0 Å². The molecule has 0 aromatic rings. The molecule has 0 aromatic carbocycles. The molecule has 0 spiro atoms. The first-order chi connectivity index (χ1) is 4.84. The lowest BCUT2D eigenvalue weighted by Crippen LogP contribution is -1.80. The number of hydrogen-bond donors (Lipinski definition) is 0. The SMILES string of the molecule is C#C[CH]C(F)=C1CCCC1. The van der Waals surface area contributed by atoms with E-state index in [1.807, 2.05) is 0 Å². The molecule has 0 saturated heterocycles. The van der Waals surface area contributed by atoms with E-state index in [1.54, 1.807) is 0 Å². The minimum atomic E-state index is -0.181. The summed E-state index contributed by atoms with van der Waals surface area (Å²) in [5.41, 5.74) is 0.901. The fourth-order valence-electron chi connectivity index (χ4n) is 1.22. The summed E-state index contributed by atoms with van der Waals surface area (Å²) in [5, 5.41) is 0. The van der Waals surface area contributed by atoms with E-state index in [-0.39, 0.29) is 5.83 Å². The highest BCUT2D eigenvalue weighted by molar-refractivity contribution is 5.26. The fraction of sp³-hybridized carbons (Fsp3) is 0.444. The Morgan fingerprint density at radius 2 is 2.10 bits per heavy atom. The molecule has 0 N–H and O–H groups in total. The van der Waals surface area contributed by atoms with Gasteiger partial charge in [0.2, 0.25) is 0 Å². The molecule has 0 amide bonds. The van der Waals surface area contributed by atoms with E-state index >= 15 is 0 Å². The van der Waals surface area contributed by atoms with Crippen LogP contribution in [0.4, 0.5) is 4.39 Å². The molecule has 1 aliphatic rings. The van der Waals surface area contributed by atoms with Crippen LogP contribution in [-0.2, 0) is 0 Å². The monoisotopic (exact) mass is 137 g/mol. The lowest BCUT2D eigenvalue weighted by atomic mass is 10.2. The van der Waals surface area contributed by atoms with Crippen LogP contribution < -0.4 is 0 Å². The summed E-state index contributed by atoms with van der Waals surface area (Å²) >= 11 is 0. The van der Waals surface area contributed by atoms with Crippen molar-refractivity contribution in [3.05, 3.63) is 17.8 Å². The number of rotatable bonds is 1. The highest BCUT2D eigenvalue weighted by Gasteiger charge is 2.11. The molecule has 1 saturated carbocycles. The van der Waals surface area contributed by atoms with Gasteiger partial charge in [-0.3, -0.25) is 0 Å². The van der Waals surface area contributed by atoms with Gasteiger partial charge in [-0.25, -0.2) is 4.39 Å². The van der Waals surface area contributed by atoms with Crippen molar-refractivity contribution in [3.63, 3.8) is 0 Å². The average Bonchev–Trinajstić information content (AvgIpc) is 2.38. The molecule has 1 rings (SSSR count). The lowest BCUT2D eigenvalue weighted by molar-refractivity contribution is 0.637. The first-order valence-corrected chi connectivity index (χ1v) is 3.51. The zero-order valence-electron chi connectivity index (χ0n) is 5.86. The van der Waals surface area contributed by atoms with Crippen LogP contribution in [0.25, 0.3) is 0 Å². The zero-order valence-corrected chi connectivity index (χ0v) is 5.86. The van der Waals surface area contributed by atoms with E-state index in [0.717, 1.165) is 31.3 Å². The molecule has 1 radical (unpaired) electrons. The van der Waals surface area contributed by atoms with Gasteiger partial charge in [0.15, 0.2) is 0 Å².